The topological polar surface area (TPSA) is 39.4 Å². The van der Waals surface area contributed by atoms with Crippen LogP contribution in [0.4, 0.5) is 0 Å². The van der Waals surface area contributed by atoms with Crippen LogP contribution >= 0.6 is 10.5 Å². The second-order valence-corrected chi connectivity index (χ2v) is 8.10. The number of benzene rings is 3. The Morgan fingerprint density at radius 3 is 1.96 bits per heavy atom. The molecule has 0 fully saturated rings. The highest BCUT2D eigenvalue weighted by atomic mass is 32.2. The number of fused-ring (bicyclic) bond motifs is 3. The van der Waals surface area contributed by atoms with E-state index in [1.54, 1.807) is 12.1 Å². The van der Waals surface area contributed by atoms with Gasteiger partial charge in [-0.25, -0.2) is 4.79 Å². The molecule has 0 saturated carbocycles. The van der Waals surface area contributed by atoms with Crippen LogP contribution in [-0.4, -0.2) is 5.97 Å². The predicted molar refractivity (Wildman–Crippen MR) is 109 cm³/mol. The van der Waals surface area contributed by atoms with Gasteiger partial charge in [-0.3, -0.25) is 0 Å². The van der Waals surface area contributed by atoms with Gasteiger partial charge in [0, 0.05) is 33.4 Å². The number of thiophene rings is 1. The maximum Gasteiger partial charge on any atom is 0.379 e. The molecule has 0 radical (unpaired) electrons. The quantitative estimate of drug-likeness (QED) is 0.205. The van der Waals surface area contributed by atoms with Gasteiger partial charge in [0.05, 0.1) is 6.26 Å². The highest BCUT2D eigenvalue weighted by molar-refractivity contribution is 7.50. The van der Waals surface area contributed by atoms with Crippen molar-refractivity contribution >= 4 is 36.6 Å². The molecule has 0 unspecified atom stereocenters. The van der Waals surface area contributed by atoms with Crippen LogP contribution in [0.25, 0.3) is 25.1 Å². The monoisotopic (exact) mass is 371 g/mol. The average Bonchev–Trinajstić information content (AvgIpc) is 3.35. The minimum atomic E-state index is -0.494. The third-order valence-electron chi connectivity index (χ3n) is 4.50. The van der Waals surface area contributed by atoms with E-state index in [2.05, 4.69) is 48.5 Å². The number of esters is 1. The Balaban J connectivity index is 1.56. The number of hydrogen-bond acceptors (Lipinski definition) is 3. The first kappa shape index (κ1) is 15.9. The highest BCUT2D eigenvalue weighted by Crippen LogP contribution is 2.48. The van der Waals surface area contributed by atoms with Gasteiger partial charge in [0.25, 0.3) is 0 Å². The first-order valence-corrected chi connectivity index (χ1v) is 9.82. The molecule has 3 aromatic carbocycles. The summed E-state index contributed by atoms with van der Waals surface area (Å²) in [6.45, 7) is 0. The number of furan rings is 1. The minimum absolute atomic E-state index is 0.150. The first-order valence-electron chi connectivity index (χ1n) is 8.60. The van der Waals surface area contributed by atoms with E-state index in [9.17, 15) is 4.79 Å². The summed E-state index contributed by atoms with van der Waals surface area (Å²) in [6, 6.07) is 28.1. The van der Waals surface area contributed by atoms with Crippen molar-refractivity contribution in [3.63, 3.8) is 0 Å². The SMILES string of the molecule is O=C(Oc1ccc(-[s+]2c3ccccc3c3ccccc32)cc1)c1ccco1. The molecule has 5 aromatic rings. The van der Waals surface area contributed by atoms with Crippen LogP contribution in [0, 0.1) is 0 Å². The van der Waals surface area contributed by atoms with E-state index in [0.29, 0.717) is 5.75 Å². The van der Waals surface area contributed by atoms with Crippen LogP contribution in [0.1, 0.15) is 10.6 Å². The fourth-order valence-electron chi connectivity index (χ4n) is 3.30. The van der Waals surface area contributed by atoms with Gasteiger partial charge in [0.1, 0.15) is 5.75 Å². The van der Waals surface area contributed by atoms with Gasteiger partial charge in [0.15, 0.2) is 14.3 Å². The van der Waals surface area contributed by atoms with Crippen molar-refractivity contribution in [1.82, 2.24) is 0 Å². The molecule has 0 N–H and O–H groups in total. The lowest BCUT2D eigenvalue weighted by Gasteiger charge is -2.02. The number of hydrogen-bond donors (Lipinski definition) is 0. The normalized spacial score (nSPS) is 11.1. The molecule has 2 aromatic heterocycles. The van der Waals surface area contributed by atoms with Gasteiger partial charge >= 0.3 is 5.97 Å². The summed E-state index contributed by atoms with van der Waals surface area (Å²) >= 11 is 0. The Morgan fingerprint density at radius 2 is 1.37 bits per heavy atom. The molecule has 0 saturated heterocycles. The van der Waals surface area contributed by atoms with E-state index in [-0.39, 0.29) is 16.2 Å². The number of rotatable bonds is 3. The fraction of sp³-hybridized carbons (Fsp3) is 0. The molecule has 5 rings (SSSR count). The smallest absolute Gasteiger partial charge is 0.379 e. The van der Waals surface area contributed by atoms with Crippen molar-refractivity contribution in [2.24, 2.45) is 0 Å². The third kappa shape index (κ3) is 2.71. The van der Waals surface area contributed by atoms with E-state index in [0.717, 1.165) is 0 Å². The van der Waals surface area contributed by atoms with E-state index in [1.165, 1.54) is 31.3 Å². The summed E-state index contributed by atoms with van der Waals surface area (Å²) in [5.74, 6) is 0.205. The number of carbonyl (C=O) groups is 1. The summed E-state index contributed by atoms with van der Waals surface area (Å²) in [5, 5.41) is 2.59. The minimum Gasteiger partial charge on any atom is -0.457 e. The summed E-state index contributed by atoms with van der Waals surface area (Å²) in [5.41, 5.74) is 0. The molecule has 130 valence electrons. The van der Waals surface area contributed by atoms with Gasteiger partial charge in [0.2, 0.25) is 5.76 Å². The summed E-state index contributed by atoms with van der Waals surface area (Å²) < 4.78 is 13.1. The molecular weight excluding hydrogens is 356 g/mol. The standard InChI is InChI=1S/C23H15O3S/c24-23(20-8-5-15-25-20)26-16-11-13-17(14-12-16)27-21-9-3-1-6-18(21)19-7-2-4-10-22(19)27/h1-15H/q+1. The Morgan fingerprint density at radius 1 is 0.741 bits per heavy atom. The summed E-state index contributed by atoms with van der Waals surface area (Å²) in [6.07, 6.45) is 1.45. The molecule has 3 nitrogen and oxygen atoms in total. The van der Waals surface area contributed by atoms with Crippen LogP contribution in [0.5, 0.6) is 5.75 Å². The Hall–Kier alpha value is -3.37. The van der Waals surface area contributed by atoms with Crippen LogP contribution in [0.2, 0.25) is 0 Å². The summed E-state index contributed by atoms with van der Waals surface area (Å²) in [4.78, 5) is 13.2. The van der Waals surface area contributed by atoms with Gasteiger partial charge in [-0.05, 0) is 48.5 Å². The van der Waals surface area contributed by atoms with Crippen molar-refractivity contribution in [2.75, 3.05) is 0 Å². The van der Waals surface area contributed by atoms with Gasteiger partial charge in [-0.1, -0.05) is 24.3 Å². The van der Waals surface area contributed by atoms with Crippen LogP contribution in [-0.2, 0) is 0 Å². The first-order chi connectivity index (χ1) is 13.3. The Bertz CT molecular complexity index is 1200. The average molecular weight is 371 g/mol. The molecule has 0 aliphatic rings. The van der Waals surface area contributed by atoms with Gasteiger partial charge in [-0.2, -0.15) is 0 Å². The van der Waals surface area contributed by atoms with E-state index >= 15 is 0 Å². The fourth-order valence-corrected chi connectivity index (χ4v) is 5.68. The van der Waals surface area contributed by atoms with Crippen molar-refractivity contribution < 1.29 is 13.9 Å². The molecule has 0 amide bonds. The van der Waals surface area contributed by atoms with Crippen LogP contribution in [0.3, 0.4) is 0 Å². The van der Waals surface area contributed by atoms with Crippen molar-refractivity contribution in [3.8, 4) is 10.6 Å². The number of carbonyl (C=O) groups excluding carboxylic acids is 1. The van der Waals surface area contributed by atoms with Gasteiger partial charge in [-0.15, -0.1) is 0 Å². The molecule has 0 aliphatic carbocycles. The lowest BCUT2D eigenvalue weighted by Crippen LogP contribution is -2.06. The van der Waals surface area contributed by atoms with E-state index in [4.69, 9.17) is 9.15 Å². The van der Waals surface area contributed by atoms with Gasteiger partial charge < -0.3 is 9.15 Å². The maximum absolute atomic E-state index is 12.0. The largest absolute Gasteiger partial charge is 0.457 e. The molecule has 0 bridgehead atoms. The zero-order valence-corrected chi connectivity index (χ0v) is 15.1. The molecule has 2 heterocycles. The third-order valence-corrected chi connectivity index (χ3v) is 6.83. The molecular formula is C23H15O3S+. The Kier molecular flexibility index (Phi) is 3.77. The molecule has 27 heavy (non-hydrogen) atoms. The molecule has 4 heteroatoms. The summed E-state index contributed by atoms with van der Waals surface area (Å²) in [7, 11) is -0.150. The Labute approximate surface area is 158 Å². The van der Waals surface area contributed by atoms with Crippen LogP contribution < -0.4 is 4.74 Å². The zero-order valence-electron chi connectivity index (χ0n) is 14.3. The zero-order chi connectivity index (χ0) is 18.2. The highest BCUT2D eigenvalue weighted by Gasteiger charge is 2.23. The molecule has 0 spiro atoms. The lowest BCUT2D eigenvalue weighted by molar-refractivity contribution is 0.0701. The second-order valence-electron chi connectivity index (χ2n) is 6.14. The van der Waals surface area contributed by atoms with E-state index < -0.39 is 5.97 Å². The molecule has 0 aliphatic heterocycles. The number of ether oxygens (including phenoxy) is 1. The molecule has 0 atom stereocenters. The maximum atomic E-state index is 12.0. The van der Waals surface area contributed by atoms with Crippen molar-refractivity contribution in [2.45, 2.75) is 0 Å². The van der Waals surface area contributed by atoms with E-state index in [1.807, 2.05) is 24.3 Å². The van der Waals surface area contributed by atoms with Crippen molar-refractivity contribution in [1.29, 1.82) is 0 Å². The predicted octanol–water partition coefficient (Wildman–Crippen LogP) is 6.54. The van der Waals surface area contributed by atoms with Crippen LogP contribution in [0.15, 0.2) is 95.6 Å². The lowest BCUT2D eigenvalue weighted by atomic mass is 10.2. The van der Waals surface area contributed by atoms with Crippen molar-refractivity contribution in [3.05, 3.63) is 97.0 Å². The second kappa shape index (κ2) is 6.41.